The van der Waals surface area contributed by atoms with Gasteiger partial charge in [0.2, 0.25) is 0 Å². The lowest BCUT2D eigenvalue weighted by Gasteiger charge is -1.90. The molecule has 0 radical (unpaired) electrons. The predicted octanol–water partition coefficient (Wildman–Crippen LogP) is 2.76. The van der Waals surface area contributed by atoms with Crippen molar-refractivity contribution in [3.05, 3.63) is 0 Å². The minimum absolute atomic E-state index is 0.278. The molecule has 0 unspecified atom stereocenters. The van der Waals surface area contributed by atoms with E-state index in [1.807, 2.05) is 6.26 Å². The Morgan fingerprint density at radius 1 is 1.50 bits per heavy atom. The molecule has 0 heterocycles. The fourth-order valence-electron chi connectivity index (χ4n) is 0.0727. The van der Waals surface area contributed by atoms with E-state index in [9.17, 15) is 0 Å². The predicted molar refractivity (Wildman–Crippen MR) is 36.6 cm³/mol. The monoisotopic (exact) mass is 162 g/mol. The second-order valence-corrected chi connectivity index (χ2v) is 4.71. The lowest BCUT2D eigenvalue weighted by Crippen LogP contribution is -1.65. The summed E-state index contributed by atoms with van der Waals surface area (Å²) in [4.78, 5) is 0. The van der Waals surface area contributed by atoms with Crippen LogP contribution in [0.25, 0.3) is 0 Å². The van der Waals surface area contributed by atoms with Gasteiger partial charge in [0.25, 0.3) is 0 Å². The number of alkyl halides is 2. The molecule has 0 saturated carbocycles. The smallest absolute Gasteiger partial charge is 0.0949 e. The highest BCUT2D eigenvalue weighted by molar-refractivity contribution is 8.77. The maximum Gasteiger partial charge on any atom is 0.162 e. The first-order valence-electron chi connectivity index (χ1n) is 1.25. The fraction of sp³-hybridized carbons (Fsp3) is 1.00. The largest absolute Gasteiger partial charge is 0.162 e. The van der Waals surface area contributed by atoms with Crippen LogP contribution in [0.4, 0.5) is 0 Å². The fourth-order valence-corrected chi connectivity index (χ4v) is 1.96. The standard InChI is InChI=1S/C2H4Cl2S2/c1-5-6-2(3)4/h2H,1H3. The van der Waals surface area contributed by atoms with E-state index >= 15 is 0 Å². The molecule has 0 N–H and O–H groups in total. The first-order valence-corrected chi connectivity index (χ1v) is 4.74. The first-order chi connectivity index (χ1) is 2.77. The van der Waals surface area contributed by atoms with Crippen molar-refractivity contribution in [3.8, 4) is 0 Å². The second-order valence-electron chi connectivity index (χ2n) is 0.524. The normalized spacial score (nSPS) is 10.0. The zero-order chi connectivity index (χ0) is 4.99. The molecule has 0 fully saturated rings. The molecule has 0 aromatic heterocycles. The van der Waals surface area contributed by atoms with Crippen LogP contribution in [-0.2, 0) is 0 Å². The topological polar surface area (TPSA) is 0 Å². The summed E-state index contributed by atoms with van der Waals surface area (Å²) in [6.45, 7) is 0. The van der Waals surface area contributed by atoms with Crippen LogP contribution in [0.5, 0.6) is 0 Å². The molecule has 0 spiro atoms. The lowest BCUT2D eigenvalue weighted by atomic mass is 11.9. The van der Waals surface area contributed by atoms with E-state index in [0.717, 1.165) is 0 Å². The summed E-state index contributed by atoms with van der Waals surface area (Å²) in [7, 11) is 3.00. The Morgan fingerprint density at radius 3 is 2.00 bits per heavy atom. The molecular weight excluding hydrogens is 159 g/mol. The molecule has 0 nitrogen and oxygen atoms in total. The van der Waals surface area contributed by atoms with Crippen molar-refractivity contribution in [3.63, 3.8) is 0 Å². The Labute approximate surface area is 55.4 Å². The number of hydrogen-bond donors (Lipinski definition) is 0. The highest BCUT2D eigenvalue weighted by atomic mass is 35.5. The van der Waals surface area contributed by atoms with E-state index in [4.69, 9.17) is 23.2 Å². The third-order valence-corrected chi connectivity index (χ3v) is 2.83. The molecule has 4 heteroatoms. The van der Waals surface area contributed by atoms with Crippen molar-refractivity contribution in [1.29, 1.82) is 0 Å². The average Bonchev–Trinajstić information content (AvgIpc) is 1.35. The van der Waals surface area contributed by atoms with Gasteiger partial charge in [-0.3, -0.25) is 0 Å². The summed E-state index contributed by atoms with van der Waals surface area (Å²) in [6.07, 6.45) is 1.93. The molecule has 0 atom stereocenters. The number of halogens is 2. The zero-order valence-electron chi connectivity index (χ0n) is 3.15. The van der Waals surface area contributed by atoms with Gasteiger partial charge in [-0.05, 0) is 6.26 Å². The maximum atomic E-state index is 5.29. The van der Waals surface area contributed by atoms with Crippen LogP contribution >= 0.6 is 44.8 Å². The van der Waals surface area contributed by atoms with E-state index in [1.165, 1.54) is 10.8 Å². The highest BCUT2D eigenvalue weighted by Gasteiger charge is 1.92. The van der Waals surface area contributed by atoms with Gasteiger partial charge in [-0.1, -0.05) is 44.8 Å². The van der Waals surface area contributed by atoms with Gasteiger partial charge in [0.15, 0.2) is 4.17 Å². The van der Waals surface area contributed by atoms with Gasteiger partial charge in [0, 0.05) is 0 Å². The van der Waals surface area contributed by atoms with Crippen LogP contribution in [0.15, 0.2) is 0 Å². The molecular formula is C2H4Cl2S2. The van der Waals surface area contributed by atoms with Gasteiger partial charge in [-0.2, -0.15) is 0 Å². The molecule has 0 aliphatic carbocycles. The second kappa shape index (κ2) is 4.44. The number of rotatable bonds is 2. The summed E-state index contributed by atoms with van der Waals surface area (Å²) < 4.78 is -0.278. The van der Waals surface area contributed by atoms with E-state index < -0.39 is 0 Å². The van der Waals surface area contributed by atoms with E-state index in [-0.39, 0.29) is 4.17 Å². The highest BCUT2D eigenvalue weighted by Crippen LogP contribution is 2.28. The molecule has 0 aromatic rings. The summed E-state index contributed by atoms with van der Waals surface area (Å²) >= 11 is 10.6. The molecule has 0 bridgehead atoms. The molecule has 0 aromatic carbocycles. The molecule has 0 rings (SSSR count). The Morgan fingerprint density at radius 2 is 2.00 bits per heavy atom. The van der Waals surface area contributed by atoms with Crippen LogP contribution in [0.3, 0.4) is 0 Å². The Hall–Kier alpha value is 1.28. The molecule has 6 heavy (non-hydrogen) atoms. The maximum absolute atomic E-state index is 5.29. The minimum Gasteiger partial charge on any atom is -0.0949 e. The Kier molecular flexibility index (Phi) is 5.39. The molecule has 0 aliphatic rings. The van der Waals surface area contributed by atoms with Crippen LogP contribution in [-0.4, -0.2) is 10.4 Å². The SMILES string of the molecule is CSSC(Cl)Cl. The first kappa shape index (κ1) is 7.28. The van der Waals surface area contributed by atoms with Gasteiger partial charge in [0.1, 0.15) is 0 Å². The van der Waals surface area contributed by atoms with Crippen LogP contribution in [0, 0.1) is 0 Å². The van der Waals surface area contributed by atoms with Gasteiger partial charge >= 0.3 is 0 Å². The van der Waals surface area contributed by atoms with Gasteiger partial charge in [0.05, 0.1) is 0 Å². The third-order valence-electron chi connectivity index (χ3n) is 0.169. The molecule has 0 amide bonds. The van der Waals surface area contributed by atoms with Gasteiger partial charge < -0.3 is 0 Å². The third kappa shape index (κ3) is 5.28. The van der Waals surface area contributed by atoms with E-state index in [2.05, 4.69) is 0 Å². The van der Waals surface area contributed by atoms with Crippen molar-refractivity contribution in [2.45, 2.75) is 4.17 Å². The lowest BCUT2D eigenvalue weighted by molar-refractivity contribution is 2.02. The van der Waals surface area contributed by atoms with Crippen molar-refractivity contribution in [2.75, 3.05) is 6.26 Å². The molecule has 0 saturated heterocycles. The average molecular weight is 163 g/mol. The quantitative estimate of drug-likeness (QED) is 0.453. The van der Waals surface area contributed by atoms with Crippen LogP contribution in [0.2, 0.25) is 0 Å². The summed E-state index contributed by atoms with van der Waals surface area (Å²) in [5.74, 6) is 0. The van der Waals surface area contributed by atoms with Crippen molar-refractivity contribution in [1.82, 2.24) is 0 Å². The Bertz CT molecular complexity index is 30.7. The zero-order valence-corrected chi connectivity index (χ0v) is 6.29. The van der Waals surface area contributed by atoms with Crippen molar-refractivity contribution < 1.29 is 0 Å². The summed E-state index contributed by atoms with van der Waals surface area (Å²) in [5.41, 5.74) is 0. The van der Waals surface area contributed by atoms with Gasteiger partial charge in [-0.15, -0.1) is 0 Å². The summed E-state index contributed by atoms with van der Waals surface area (Å²) in [6, 6.07) is 0. The molecule has 38 valence electrons. The summed E-state index contributed by atoms with van der Waals surface area (Å²) in [5, 5.41) is 0. The number of hydrogen-bond acceptors (Lipinski definition) is 2. The van der Waals surface area contributed by atoms with Crippen molar-refractivity contribution >= 4 is 44.8 Å². The molecule has 0 aliphatic heterocycles. The Balaban J connectivity index is 2.63. The van der Waals surface area contributed by atoms with Gasteiger partial charge in [-0.25, -0.2) is 0 Å². The van der Waals surface area contributed by atoms with Crippen LogP contribution < -0.4 is 0 Å². The van der Waals surface area contributed by atoms with Crippen molar-refractivity contribution in [2.24, 2.45) is 0 Å². The van der Waals surface area contributed by atoms with Crippen LogP contribution in [0.1, 0.15) is 0 Å². The van der Waals surface area contributed by atoms with E-state index in [0.29, 0.717) is 0 Å². The van der Waals surface area contributed by atoms with E-state index in [1.54, 1.807) is 10.8 Å². The minimum atomic E-state index is -0.278.